The lowest BCUT2D eigenvalue weighted by molar-refractivity contribution is -0.225. The Balaban J connectivity index is 1.85. The summed E-state index contributed by atoms with van der Waals surface area (Å²) in [7, 11) is -3.00. The number of carbonyl (C=O) groups excluding carboxylic acids is 3. The lowest BCUT2D eigenvalue weighted by Gasteiger charge is -2.63. The van der Waals surface area contributed by atoms with Crippen molar-refractivity contribution in [3.05, 3.63) is 23.8 Å². The highest BCUT2D eigenvalue weighted by atomic mass is 32.2. The second-order valence-electron chi connectivity index (χ2n) is 11.2. The van der Waals surface area contributed by atoms with Crippen LogP contribution in [-0.2, 0) is 33.4 Å². The lowest BCUT2D eigenvalue weighted by Crippen LogP contribution is -2.71. The maximum Gasteiger partial charge on any atom is 0.509 e. The van der Waals surface area contributed by atoms with E-state index in [0.717, 1.165) is 25.5 Å². The molecule has 12 heteroatoms. The summed E-state index contributed by atoms with van der Waals surface area (Å²) in [5, 5.41) is 11.4. The van der Waals surface area contributed by atoms with Crippen molar-refractivity contribution in [1.82, 2.24) is 0 Å². The van der Waals surface area contributed by atoms with Crippen LogP contribution >= 0.6 is 0 Å². The predicted octanol–water partition coefficient (Wildman–Crippen LogP) is 2.62. The fraction of sp³-hybridized carbons (Fsp3) is 0.720. The fourth-order valence-corrected chi connectivity index (χ4v) is 8.15. The second kappa shape index (κ2) is 8.67. The third kappa shape index (κ3) is 3.73. The molecule has 0 aromatic rings. The summed E-state index contributed by atoms with van der Waals surface area (Å²) in [6.07, 6.45) is -0.940. The van der Waals surface area contributed by atoms with Gasteiger partial charge in [0, 0.05) is 22.7 Å². The predicted molar refractivity (Wildman–Crippen MR) is 125 cm³/mol. The first-order valence-corrected chi connectivity index (χ1v) is 13.9. The molecule has 3 saturated carbocycles. The molecule has 0 radical (unpaired) electrons. The minimum Gasteiger partial charge on any atom is -0.438 e. The Kier molecular flexibility index (Phi) is 6.52. The van der Waals surface area contributed by atoms with Crippen molar-refractivity contribution in [2.24, 2.45) is 28.6 Å². The molecular weight excluding hydrogens is 514 g/mol. The number of ether oxygens (including phenoxy) is 2. The molecule has 0 amide bonds. The van der Waals surface area contributed by atoms with E-state index in [0.29, 0.717) is 0 Å². The fourth-order valence-electron chi connectivity index (χ4n) is 7.83. The van der Waals surface area contributed by atoms with E-state index in [1.54, 1.807) is 13.8 Å². The number of fused-ring (bicyclic) bond motifs is 5. The van der Waals surface area contributed by atoms with Gasteiger partial charge in [0.1, 0.15) is 12.8 Å². The van der Waals surface area contributed by atoms with Gasteiger partial charge in [0.2, 0.25) is 5.78 Å². The summed E-state index contributed by atoms with van der Waals surface area (Å²) in [6.45, 7) is 3.66. The van der Waals surface area contributed by atoms with Gasteiger partial charge in [-0.25, -0.2) is 13.6 Å². The standard InChI is InChI=1S/C25H32F2O9S/c1-13-8-15-16-10-18(26)17-9-14(28)6-7-22(17,2)24(16,27)19(29)11-23(15,3)25(13,36-21(31)34-4)20(30)12-35-37(5,32)33/h6-7,9,13,15-16,18-19,29H,8,10-12H2,1-5H3/t13-,15+,16+,18+,19+,22+,23+,24+,25+/m1/s1. The summed E-state index contributed by atoms with van der Waals surface area (Å²) in [5.74, 6) is -4.01. The van der Waals surface area contributed by atoms with Gasteiger partial charge in [0.05, 0.1) is 19.5 Å². The zero-order valence-electron chi connectivity index (χ0n) is 21.3. The number of carbonyl (C=O) groups is 3. The third-order valence-electron chi connectivity index (χ3n) is 9.40. The highest BCUT2D eigenvalue weighted by Gasteiger charge is 2.78. The van der Waals surface area contributed by atoms with E-state index in [-0.39, 0.29) is 24.8 Å². The molecule has 0 spiro atoms. The Morgan fingerprint density at radius 2 is 1.86 bits per heavy atom. The van der Waals surface area contributed by atoms with Crippen LogP contribution < -0.4 is 0 Å². The van der Waals surface area contributed by atoms with Gasteiger partial charge in [-0.3, -0.25) is 13.8 Å². The molecule has 0 aromatic carbocycles. The number of Topliss-reactive ketones (excluding diaryl/α,β-unsaturated/α-hetero) is 1. The van der Waals surface area contributed by atoms with Crippen LogP contribution in [0.25, 0.3) is 0 Å². The molecule has 0 bridgehead atoms. The zero-order valence-corrected chi connectivity index (χ0v) is 22.1. The van der Waals surface area contributed by atoms with Gasteiger partial charge in [-0.2, -0.15) is 8.42 Å². The normalized spacial score (nSPS) is 44.8. The lowest BCUT2D eigenvalue weighted by atomic mass is 9.44. The van der Waals surface area contributed by atoms with Gasteiger partial charge in [0.25, 0.3) is 10.1 Å². The van der Waals surface area contributed by atoms with Crippen molar-refractivity contribution in [1.29, 1.82) is 0 Å². The number of rotatable bonds is 5. The van der Waals surface area contributed by atoms with Crippen LogP contribution in [0.3, 0.4) is 0 Å². The van der Waals surface area contributed by atoms with E-state index >= 15 is 8.78 Å². The van der Waals surface area contributed by atoms with Crippen molar-refractivity contribution in [3.63, 3.8) is 0 Å². The van der Waals surface area contributed by atoms with Gasteiger partial charge >= 0.3 is 6.16 Å². The SMILES string of the molecule is COC(=O)O[C@]1(C(=O)COS(C)(=O)=O)[C@H](C)C[C@H]2[C@@H]3C[C@H](F)C4=CC(=O)C=C[C@]4(C)[C@@]3(F)[C@@H](O)C[C@@]21C. The summed E-state index contributed by atoms with van der Waals surface area (Å²) >= 11 is 0. The van der Waals surface area contributed by atoms with E-state index in [2.05, 4.69) is 4.74 Å². The molecule has 37 heavy (non-hydrogen) atoms. The van der Waals surface area contributed by atoms with Crippen molar-refractivity contribution in [2.45, 2.75) is 63.6 Å². The highest BCUT2D eigenvalue weighted by Crippen LogP contribution is 2.71. The molecule has 0 saturated heterocycles. The van der Waals surface area contributed by atoms with Gasteiger partial charge < -0.3 is 14.6 Å². The average molecular weight is 547 g/mol. The molecule has 0 aliphatic heterocycles. The molecule has 9 nitrogen and oxygen atoms in total. The Hall–Kier alpha value is -2.18. The minimum atomic E-state index is -4.04. The quantitative estimate of drug-likeness (QED) is 0.408. The first-order chi connectivity index (χ1) is 17.0. The van der Waals surface area contributed by atoms with Crippen LogP contribution in [0, 0.1) is 28.6 Å². The van der Waals surface area contributed by atoms with E-state index < -0.39 is 86.6 Å². The summed E-state index contributed by atoms with van der Waals surface area (Å²) in [4.78, 5) is 38.0. The molecule has 1 N–H and O–H groups in total. The Bertz CT molecular complexity index is 1200. The molecule has 9 atom stereocenters. The van der Waals surface area contributed by atoms with Crippen LogP contribution in [0.1, 0.15) is 40.0 Å². The Morgan fingerprint density at radius 1 is 1.22 bits per heavy atom. The molecule has 0 unspecified atom stereocenters. The summed E-state index contributed by atoms with van der Waals surface area (Å²) < 4.78 is 71.1. The third-order valence-corrected chi connectivity index (χ3v) is 9.94. The first kappa shape index (κ1) is 27.8. The first-order valence-electron chi connectivity index (χ1n) is 12.1. The van der Waals surface area contributed by atoms with Gasteiger partial charge in [-0.05, 0) is 49.8 Å². The van der Waals surface area contributed by atoms with Crippen LogP contribution in [0.15, 0.2) is 23.8 Å². The number of methoxy groups -OCH3 is 1. The number of allylic oxidation sites excluding steroid dienone is 4. The molecule has 4 aliphatic carbocycles. The van der Waals surface area contributed by atoms with Crippen molar-refractivity contribution in [2.75, 3.05) is 20.0 Å². The maximum absolute atomic E-state index is 17.3. The van der Waals surface area contributed by atoms with E-state index in [1.165, 1.54) is 13.0 Å². The number of hydrogen-bond acceptors (Lipinski definition) is 9. The average Bonchev–Trinajstić information content (AvgIpc) is 3.02. The molecule has 3 fully saturated rings. The van der Waals surface area contributed by atoms with E-state index in [4.69, 9.17) is 8.92 Å². The van der Waals surface area contributed by atoms with Crippen LogP contribution in [0.4, 0.5) is 13.6 Å². The smallest absolute Gasteiger partial charge is 0.438 e. The number of halogens is 2. The largest absolute Gasteiger partial charge is 0.509 e. The molecule has 0 heterocycles. The zero-order chi connectivity index (χ0) is 27.8. The Morgan fingerprint density at radius 3 is 2.46 bits per heavy atom. The topological polar surface area (TPSA) is 133 Å². The molecule has 0 aromatic heterocycles. The number of hydrogen-bond donors (Lipinski definition) is 1. The van der Waals surface area contributed by atoms with E-state index in [9.17, 15) is 27.9 Å². The number of aliphatic hydroxyl groups is 1. The highest BCUT2D eigenvalue weighted by molar-refractivity contribution is 7.86. The second-order valence-corrected chi connectivity index (χ2v) is 12.8. The van der Waals surface area contributed by atoms with Crippen molar-refractivity contribution >= 4 is 27.8 Å². The van der Waals surface area contributed by atoms with Gasteiger partial charge in [-0.1, -0.05) is 19.9 Å². The molecule has 4 rings (SSSR count). The number of alkyl halides is 2. The summed E-state index contributed by atoms with van der Waals surface area (Å²) in [5.41, 5.74) is -7.52. The van der Waals surface area contributed by atoms with Crippen LogP contribution in [-0.4, -0.2) is 74.8 Å². The number of aliphatic hydroxyl groups excluding tert-OH is 1. The van der Waals surface area contributed by atoms with Crippen LogP contribution in [0.2, 0.25) is 0 Å². The van der Waals surface area contributed by atoms with Gasteiger partial charge in [-0.15, -0.1) is 0 Å². The maximum atomic E-state index is 17.3. The summed E-state index contributed by atoms with van der Waals surface area (Å²) in [6, 6.07) is 0. The Labute approximate surface area is 214 Å². The van der Waals surface area contributed by atoms with Gasteiger partial charge in [0.15, 0.2) is 17.1 Å². The minimum absolute atomic E-state index is 0.0397. The molecular formula is C25H32F2O9S. The van der Waals surface area contributed by atoms with Crippen LogP contribution in [0.5, 0.6) is 0 Å². The monoisotopic (exact) mass is 546 g/mol. The van der Waals surface area contributed by atoms with E-state index in [1.807, 2.05) is 0 Å². The van der Waals surface area contributed by atoms with Crippen molar-refractivity contribution < 1.29 is 50.3 Å². The van der Waals surface area contributed by atoms with Crippen molar-refractivity contribution in [3.8, 4) is 0 Å². The molecule has 206 valence electrons. The molecule has 4 aliphatic rings. The number of ketones is 2.